The Labute approximate surface area is 122 Å². The third-order valence-corrected chi connectivity index (χ3v) is 4.21. The number of hydrogen-bond acceptors (Lipinski definition) is 4. The quantitative estimate of drug-likeness (QED) is 0.839. The Hall–Kier alpha value is -1.23. The van der Waals surface area contributed by atoms with Gasteiger partial charge in [-0.2, -0.15) is 5.10 Å². The van der Waals surface area contributed by atoms with Gasteiger partial charge in [-0.25, -0.2) is 4.68 Å². The molecule has 2 rings (SSSR count). The van der Waals surface area contributed by atoms with Gasteiger partial charge in [-0.15, -0.1) is 0 Å². The number of anilines is 2. The molecule has 20 heavy (non-hydrogen) atoms. The van der Waals surface area contributed by atoms with E-state index in [0.717, 1.165) is 36.7 Å². The van der Waals surface area contributed by atoms with Crippen molar-refractivity contribution in [3.63, 3.8) is 0 Å². The third-order valence-electron chi connectivity index (χ3n) is 4.21. The van der Waals surface area contributed by atoms with E-state index in [1.807, 2.05) is 11.6 Å². The smallest absolute Gasteiger partial charge is 0.148 e. The van der Waals surface area contributed by atoms with Crippen LogP contribution in [0, 0.1) is 12.8 Å². The van der Waals surface area contributed by atoms with Crippen LogP contribution < -0.4 is 11.1 Å². The van der Waals surface area contributed by atoms with Gasteiger partial charge >= 0.3 is 0 Å². The molecule has 1 aliphatic heterocycles. The maximum Gasteiger partial charge on any atom is 0.148 e. The van der Waals surface area contributed by atoms with Gasteiger partial charge < -0.3 is 16.0 Å². The van der Waals surface area contributed by atoms with E-state index in [1.54, 1.807) is 0 Å². The molecule has 0 amide bonds. The zero-order valence-electron chi connectivity index (χ0n) is 13.3. The lowest BCUT2D eigenvalue weighted by Gasteiger charge is -2.20. The molecule has 1 fully saturated rings. The minimum Gasteiger partial charge on any atom is -0.394 e. The molecule has 1 atom stereocenters. The van der Waals surface area contributed by atoms with Gasteiger partial charge in [0, 0.05) is 25.7 Å². The molecule has 1 unspecified atom stereocenters. The van der Waals surface area contributed by atoms with Crippen LogP contribution in [0.1, 0.15) is 39.3 Å². The van der Waals surface area contributed by atoms with Gasteiger partial charge in [-0.3, -0.25) is 0 Å². The molecule has 0 spiro atoms. The Bertz CT molecular complexity index is 438. The second-order valence-corrected chi connectivity index (χ2v) is 6.20. The number of aromatic nitrogens is 2. The highest BCUT2D eigenvalue weighted by atomic mass is 15.3. The molecule has 5 heteroatoms. The molecular weight excluding hydrogens is 250 g/mol. The first kappa shape index (κ1) is 15.2. The number of nitrogens with two attached hydrogens (primary N) is 1. The predicted molar refractivity (Wildman–Crippen MR) is 85.0 cm³/mol. The number of nitrogens with one attached hydrogen (secondary N) is 1. The highest BCUT2D eigenvalue weighted by Crippen LogP contribution is 2.24. The SMILES string of the molecule is CCCn1nc(C)c(N)c1NCC1CCN(C(C)C)C1. The van der Waals surface area contributed by atoms with Gasteiger partial charge in [0.05, 0.1) is 11.4 Å². The van der Waals surface area contributed by atoms with E-state index in [4.69, 9.17) is 5.73 Å². The van der Waals surface area contributed by atoms with Crippen LogP contribution in [-0.2, 0) is 6.54 Å². The van der Waals surface area contributed by atoms with E-state index >= 15 is 0 Å². The van der Waals surface area contributed by atoms with Crippen molar-refractivity contribution in [3.8, 4) is 0 Å². The van der Waals surface area contributed by atoms with Crippen LogP contribution in [0.25, 0.3) is 0 Å². The molecule has 0 bridgehead atoms. The summed E-state index contributed by atoms with van der Waals surface area (Å²) in [5, 5.41) is 8.04. The standard InChI is InChI=1S/C15H29N5/c1-5-7-20-15(14(16)12(4)18-20)17-9-13-6-8-19(10-13)11(2)3/h11,13,17H,5-10,16H2,1-4H3. The average molecular weight is 279 g/mol. The molecular formula is C15H29N5. The summed E-state index contributed by atoms with van der Waals surface area (Å²) in [6, 6.07) is 0.651. The molecule has 0 aliphatic carbocycles. The first-order valence-electron chi connectivity index (χ1n) is 7.83. The summed E-state index contributed by atoms with van der Waals surface area (Å²) in [4.78, 5) is 2.55. The predicted octanol–water partition coefficient (Wildman–Crippen LogP) is 2.33. The van der Waals surface area contributed by atoms with Crippen LogP contribution in [0.5, 0.6) is 0 Å². The summed E-state index contributed by atoms with van der Waals surface area (Å²) >= 11 is 0. The van der Waals surface area contributed by atoms with Crippen molar-refractivity contribution in [2.45, 2.75) is 53.1 Å². The normalized spacial score (nSPS) is 19.9. The van der Waals surface area contributed by atoms with Crippen LogP contribution in [-0.4, -0.2) is 40.4 Å². The third kappa shape index (κ3) is 3.26. The van der Waals surface area contributed by atoms with Gasteiger partial charge in [0.25, 0.3) is 0 Å². The van der Waals surface area contributed by atoms with Gasteiger partial charge in [0.15, 0.2) is 0 Å². The highest BCUT2D eigenvalue weighted by Gasteiger charge is 2.24. The highest BCUT2D eigenvalue weighted by molar-refractivity contribution is 5.64. The number of hydrogen-bond donors (Lipinski definition) is 2. The van der Waals surface area contributed by atoms with Crippen LogP contribution in [0.15, 0.2) is 0 Å². The molecule has 3 N–H and O–H groups in total. The lowest BCUT2D eigenvalue weighted by molar-refractivity contribution is 0.266. The van der Waals surface area contributed by atoms with Crippen molar-refractivity contribution in [1.29, 1.82) is 0 Å². The molecule has 1 saturated heterocycles. The van der Waals surface area contributed by atoms with Gasteiger partial charge in [-0.1, -0.05) is 6.92 Å². The monoisotopic (exact) mass is 279 g/mol. The van der Waals surface area contributed by atoms with E-state index in [2.05, 4.69) is 36.1 Å². The van der Waals surface area contributed by atoms with Crippen molar-refractivity contribution >= 4 is 11.5 Å². The summed E-state index contributed by atoms with van der Waals surface area (Å²) in [6.07, 6.45) is 2.34. The maximum atomic E-state index is 6.14. The van der Waals surface area contributed by atoms with Crippen molar-refractivity contribution in [2.75, 3.05) is 30.7 Å². The maximum absolute atomic E-state index is 6.14. The number of aryl methyl sites for hydroxylation is 2. The van der Waals surface area contributed by atoms with E-state index in [9.17, 15) is 0 Å². The summed E-state index contributed by atoms with van der Waals surface area (Å²) in [7, 11) is 0. The lowest BCUT2D eigenvalue weighted by atomic mass is 10.1. The fraction of sp³-hybridized carbons (Fsp3) is 0.800. The lowest BCUT2D eigenvalue weighted by Crippen LogP contribution is -2.29. The Morgan fingerprint density at radius 1 is 1.45 bits per heavy atom. The number of nitrogens with zero attached hydrogens (tertiary/aromatic N) is 3. The minimum atomic E-state index is 0.651. The zero-order chi connectivity index (χ0) is 14.7. The van der Waals surface area contributed by atoms with Crippen molar-refractivity contribution in [2.24, 2.45) is 5.92 Å². The second-order valence-electron chi connectivity index (χ2n) is 6.20. The van der Waals surface area contributed by atoms with Crippen molar-refractivity contribution < 1.29 is 0 Å². The van der Waals surface area contributed by atoms with Crippen molar-refractivity contribution in [3.05, 3.63) is 5.69 Å². The summed E-state index contributed by atoms with van der Waals surface area (Å²) in [6.45, 7) is 13.0. The first-order valence-corrected chi connectivity index (χ1v) is 7.83. The number of likely N-dealkylation sites (tertiary alicyclic amines) is 1. The van der Waals surface area contributed by atoms with E-state index in [-0.39, 0.29) is 0 Å². The minimum absolute atomic E-state index is 0.651. The Kier molecular flexibility index (Phi) is 4.91. The largest absolute Gasteiger partial charge is 0.394 e. The number of rotatable bonds is 6. The summed E-state index contributed by atoms with van der Waals surface area (Å²) in [5.74, 6) is 1.72. The van der Waals surface area contributed by atoms with E-state index < -0.39 is 0 Å². The molecule has 2 heterocycles. The second kappa shape index (κ2) is 6.48. The number of nitrogen functional groups attached to an aromatic ring is 1. The first-order chi connectivity index (χ1) is 9.52. The molecule has 1 aromatic heterocycles. The molecule has 0 saturated carbocycles. The summed E-state index contributed by atoms with van der Waals surface area (Å²) in [5.41, 5.74) is 7.87. The molecule has 1 aromatic rings. The van der Waals surface area contributed by atoms with Gasteiger partial charge in [-0.05, 0) is 46.1 Å². The van der Waals surface area contributed by atoms with Crippen LogP contribution in [0.4, 0.5) is 11.5 Å². The topological polar surface area (TPSA) is 59.1 Å². The molecule has 0 radical (unpaired) electrons. The van der Waals surface area contributed by atoms with Crippen LogP contribution >= 0.6 is 0 Å². The van der Waals surface area contributed by atoms with Gasteiger partial charge in [0.2, 0.25) is 0 Å². The molecule has 5 nitrogen and oxygen atoms in total. The van der Waals surface area contributed by atoms with Gasteiger partial charge in [0.1, 0.15) is 5.82 Å². The molecule has 114 valence electrons. The van der Waals surface area contributed by atoms with E-state index in [1.165, 1.54) is 19.5 Å². The Morgan fingerprint density at radius 3 is 2.80 bits per heavy atom. The fourth-order valence-corrected chi connectivity index (χ4v) is 2.89. The Balaban J connectivity index is 1.94. The van der Waals surface area contributed by atoms with Crippen LogP contribution in [0.3, 0.4) is 0 Å². The van der Waals surface area contributed by atoms with Crippen LogP contribution in [0.2, 0.25) is 0 Å². The van der Waals surface area contributed by atoms with E-state index in [0.29, 0.717) is 12.0 Å². The fourth-order valence-electron chi connectivity index (χ4n) is 2.89. The Morgan fingerprint density at radius 2 is 2.20 bits per heavy atom. The van der Waals surface area contributed by atoms with Crippen molar-refractivity contribution in [1.82, 2.24) is 14.7 Å². The summed E-state index contributed by atoms with van der Waals surface area (Å²) < 4.78 is 2.01. The average Bonchev–Trinajstić information content (AvgIpc) is 2.96. The zero-order valence-corrected chi connectivity index (χ0v) is 13.3. The molecule has 0 aromatic carbocycles. The molecule has 1 aliphatic rings.